The minimum atomic E-state index is -0.352. The van der Waals surface area contributed by atoms with Crippen LogP contribution in [0, 0.1) is 0 Å². The monoisotopic (exact) mass is 243 g/mol. The van der Waals surface area contributed by atoms with E-state index in [1.807, 2.05) is 0 Å². The number of nitrogens with two attached hydrogens (primary N) is 1. The molecule has 5 heteroatoms. The fourth-order valence-electron chi connectivity index (χ4n) is 1.37. The molecule has 0 bridgehead atoms. The highest BCUT2D eigenvalue weighted by molar-refractivity contribution is 6.32. The summed E-state index contributed by atoms with van der Waals surface area (Å²) in [6.07, 6.45) is 0.0589. The second kappa shape index (κ2) is 5.61. The second-order valence-corrected chi connectivity index (χ2v) is 3.54. The molecule has 4 nitrogen and oxygen atoms in total. The van der Waals surface area contributed by atoms with Crippen LogP contribution in [0.4, 0.5) is 5.69 Å². The van der Waals surface area contributed by atoms with E-state index in [2.05, 4.69) is 0 Å². The molecule has 0 saturated heterocycles. The summed E-state index contributed by atoms with van der Waals surface area (Å²) in [5.41, 5.74) is 6.79. The molecule has 1 aromatic rings. The number of halogens is 1. The van der Waals surface area contributed by atoms with E-state index in [9.17, 15) is 4.79 Å². The SMILES string of the molecule is CCOC(=O)Cc1c(N)ccc(Cl)c1OC. The summed E-state index contributed by atoms with van der Waals surface area (Å²) in [7, 11) is 1.48. The van der Waals surface area contributed by atoms with Crippen molar-refractivity contribution in [2.45, 2.75) is 13.3 Å². The second-order valence-electron chi connectivity index (χ2n) is 3.13. The zero-order valence-electron chi connectivity index (χ0n) is 9.25. The van der Waals surface area contributed by atoms with Crippen LogP contribution in [-0.2, 0) is 16.0 Å². The lowest BCUT2D eigenvalue weighted by atomic mass is 10.1. The number of esters is 1. The molecule has 0 atom stereocenters. The highest BCUT2D eigenvalue weighted by Gasteiger charge is 2.15. The number of hydrogen-bond donors (Lipinski definition) is 1. The quantitative estimate of drug-likeness (QED) is 0.649. The fraction of sp³-hybridized carbons (Fsp3) is 0.364. The number of carbonyl (C=O) groups is 1. The van der Waals surface area contributed by atoms with Crippen LogP contribution in [0.15, 0.2) is 12.1 Å². The third kappa shape index (κ3) is 2.79. The first-order valence-electron chi connectivity index (χ1n) is 4.86. The lowest BCUT2D eigenvalue weighted by Crippen LogP contribution is -2.10. The van der Waals surface area contributed by atoms with E-state index in [0.717, 1.165) is 0 Å². The number of benzene rings is 1. The summed E-state index contributed by atoms with van der Waals surface area (Å²) >= 11 is 5.93. The standard InChI is InChI=1S/C11H14ClNO3/c1-3-16-10(14)6-7-9(13)5-4-8(12)11(7)15-2/h4-5H,3,6,13H2,1-2H3. The Morgan fingerprint density at radius 3 is 2.75 bits per heavy atom. The maximum absolute atomic E-state index is 11.4. The molecule has 1 rings (SSSR count). The Morgan fingerprint density at radius 1 is 1.50 bits per heavy atom. The lowest BCUT2D eigenvalue weighted by molar-refractivity contribution is -0.142. The molecule has 0 aromatic heterocycles. The van der Waals surface area contributed by atoms with E-state index in [1.165, 1.54) is 7.11 Å². The highest BCUT2D eigenvalue weighted by Crippen LogP contribution is 2.33. The van der Waals surface area contributed by atoms with Crippen LogP contribution in [0.5, 0.6) is 5.75 Å². The molecule has 0 unspecified atom stereocenters. The molecule has 0 amide bonds. The molecule has 0 radical (unpaired) electrons. The summed E-state index contributed by atoms with van der Waals surface area (Å²) in [6.45, 7) is 2.08. The van der Waals surface area contributed by atoms with Gasteiger partial charge >= 0.3 is 5.97 Å². The van der Waals surface area contributed by atoms with Gasteiger partial charge in [-0.15, -0.1) is 0 Å². The predicted octanol–water partition coefficient (Wildman–Crippen LogP) is 2.04. The summed E-state index contributed by atoms with van der Waals surface area (Å²) in [5, 5.41) is 0.427. The Hall–Kier alpha value is -1.42. The topological polar surface area (TPSA) is 61.5 Å². The molecular weight excluding hydrogens is 230 g/mol. The largest absolute Gasteiger partial charge is 0.495 e. The van der Waals surface area contributed by atoms with Gasteiger partial charge in [-0.05, 0) is 19.1 Å². The summed E-state index contributed by atoms with van der Waals surface area (Å²) in [5.74, 6) is 0.0736. The van der Waals surface area contributed by atoms with Crippen molar-refractivity contribution >= 4 is 23.3 Å². The first-order valence-corrected chi connectivity index (χ1v) is 5.24. The average Bonchev–Trinajstić information content (AvgIpc) is 2.24. The number of nitrogen functional groups attached to an aromatic ring is 1. The van der Waals surface area contributed by atoms with Gasteiger partial charge in [0.1, 0.15) is 5.75 Å². The van der Waals surface area contributed by atoms with Crippen molar-refractivity contribution in [1.82, 2.24) is 0 Å². The molecule has 0 fully saturated rings. The van der Waals surface area contributed by atoms with Gasteiger partial charge in [-0.25, -0.2) is 0 Å². The molecule has 88 valence electrons. The van der Waals surface area contributed by atoms with Gasteiger partial charge in [0, 0.05) is 11.3 Å². The van der Waals surface area contributed by atoms with Gasteiger partial charge in [0.05, 0.1) is 25.2 Å². The Labute approximate surface area is 99.3 Å². The smallest absolute Gasteiger partial charge is 0.310 e. The molecule has 0 aliphatic rings. The fourth-order valence-corrected chi connectivity index (χ4v) is 1.63. The molecule has 0 spiro atoms. The Kier molecular flexibility index (Phi) is 4.43. The van der Waals surface area contributed by atoms with Gasteiger partial charge in [-0.3, -0.25) is 4.79 Å². The number of anilines is 1. The number of carbonyl (C=O) groups excluding carboxylic acids is 1. The van der Waals surface area contributed by atoms with Crippen molar-refractivity contribution in [3.63, 3.8) is 0 Å². The van der Waals surface area contributed by atoms with Gasteiger partial charge in [0.15, 0.2) is 0 Å². The zero-order chi connectivity index (χ0) is 12.1. The third-order valence-corrected chi connectivity index (χ3v) is 2.38. The van der Waals surface area contributed by atoms with Crippen molar-refractivity contribution in [1.29, 1.82) is 0 Å². The Balaban J connectivity index is 3.01. The van der Waals surface area contributed by atoms with Crippen LogP contribution in [0.2, 0.25) is 5.02 Å². The van der Waals surface area contributed by atoms with Crippen molar-refractivity contribution in [2.75, 3.05) is 19.5 Å². The Bertz CT molecular complexity index is 393. The molecule has 0 aliphatic heterocycles. The molecule has 0 heterocycles. The van der Waals surface area contributed by atoms with Crippen LogP contribution in [0.25, 0.3) is 0 Å². The summed E-state index contributed by atoms with van der Waals surface area (Å²) in [6, 6.07) is 3.27. The lowest BCUT2D eigenvalue weighted by Gasteiger charge is -2.12. The first-order chi connectivity index (χ1) is 7.60. The van der Waals surface area contributed by atoms with Gasteiger partial charge in [0.25, 0.3) is 0 Å². The summed E-state index contributed by atoms with van der Waals surface area (Å²) < 4.78 is 9.96. The zero-order valence-corrected chi connectivity index (χ0v) is 10.0. The van der Waals surface area contributed by atoms with Crippen LogP contribution < -0.4 is 10.5 Å². The molecule has 0 saturated carbocycles. The summed E-state index contributed by atoms with van der Waals surface area (Å²) in [4.78, 5) is 11.4. The van der Waals surface area contributed by atoms with E-state index in [-0.39, 0.29) is 12.4 Å². The minimum absolute atomic E-state index is 0.0589. The van der Waals surface area contributed by atoms with E-state index < -0.39 is 0 Å². The average molecular weight is 244 g/mol. The van der Waals surface area contributed by atoms with Gasteiger partial charge in [-0.2, -0.15) is 0 Å². The van der Waals surface area contributed by atoms with Crippen molar-refractivity contribution in [2.24, 2.45) is 0 Å². The van der Waals surface area contributed by atoms with E-state index in [1.54, 1.807) is 19.1 Å². The molecule has 2 N–H and O–H groups in total. The van der Waals surface area contributed by atoms with Crippen molar-refractivity contribution in [3.05, 3.63) is 22.7 Å². The van der Waals surface area contributed by atoms with E-state index in [0.29, 0.717) is 28.6 Å². The van der Waals surface area contributed by atoms with Gasteiger partial charge in [-0.1, -0.05) is 11.6 Å². The number of hydrogen-bond acceptors (Lipinski definition) is 4. The van der Waals surface area contributed by atoms with E-state index >= 15 is 0 Å². The molecule has 1 aromatic carbocycles. The predicted molar refractivity (Wildman–Crippen MR) is 62.8 cm³/mol. The molecule has 0 aliphatic carbocycles. The van der Waals surface area contributed by atoms with Crippen LogP contribution >= 0.6 is 11.6 Å². The highest BCUT2D eigenvalue weighted by atomic mass is 35.5. The van der Waals surface area contributed by atoms with Crippen LogP contribution in [0.1, 0.15) is 12.5 Å². The minimum Gasteiger partial charge on any atom is -0.495 e. The van der Waals surface area contributed by atoms with Crippen molar-refractivity contribution < 1.29 is 14.3 Å². The van der Waals surface area contributed by atoms with E-state index in [4.69, 9.17) is 26.8 Å². The van der Waals surface area contributed by atoms with Crippen molar-refractivity contribution in [3.8, 4) is 5.75 Å². The third-order valence-electron chi connectivity index (χ3n) is 2.08. The maximum atomic E-state index is 11.4. The maximum Gasteiger partial charge on any atom is 0.310 e. The normalized spacial score (nSPS) is 9.94. The molecule has 16 heavy (non-hydrogen) atoms. The van der Waals surface area contributed by atoms with Gasteiger partial charge < -0.3 is 15.2 Å². The molecular formula is C11H14ClNO3. The van der Waals surface area contributed by atoms with Crippen LogP contribution in [-0.4, -0.2) is 19.7 Å². The first kappa shape index (κ1) is 12.6. The number of methoxy groups -OCH3 is 1. The van der Waals surface area contributed by atoms with Crippen LogP contribution in [0.3, 0.4) is 0 Å². The number of ether oxygens (including phenoxy) is 2. The van der Waals surface area contributed by atoms with Gasteiger partial charge in [0.2, 0.25) is 0 Å². The Morgan fingerprint density at radius 2 is 2.19 bits per heavy atom. The number of rotatable bonds is 4.